The normalized spacial score (nSPS) is 11.9. The fraction of sp³-hybridized carbons (Fsp3) is 0.120. The van der Waals surface area contributed by atoms with E-state index in [-0.39, 0.29) is 17.9 Å². The van der Waals surface area contributed by atoms with E-state index in [2.05, 4.69) is 21.4 Å². The number of amides is 1. The van der Waals surface area contributed by atoms with Crippen LogP contribution in [0.3, 0.4) is 0 Å². The highest BCUT2D eigenvalue weighted by molar-refractivity contribution is 7.13. The maximum Gasteiger partial charge on any atom is 0.276 e. The first-order chi connectivity index (χ1) is 16.0. The first-order valence-corrected chi connectivity index (χ1v) is 11.3. The lowest BCUT2D eigenvalue weighted by molar-refractivity contribution is -0.584. The molecule has 0 saturated heterocycles. The molecule has 0 aliphatic rings. The Morgan fingerprint density at radius 2 is 2.09 bits per heavy atom. The molecule has 0 bridgehead atoms. The second-order valence-electron chi connectivity index (χ2n) is 7.63. The molecule has 3 heterocycles. The Kier molecular flexibility index (Phi) is 5.35. The molecule has 0 fully saturated rings. The predicted molar refractivity (Wildman–Crippen MR) is 129 cm³/mol. The largest absolute Gasteiger partial charge is 0.618 e. The number of benzene rings is 2. The van der Waals surface area contributed by atoms with Gasteiger partial charge in [-0.2, -0.15) is 4.73 Å². The van der Waals surface area contributed by atoms with Gasteiger partial charge in [-0.1, -0.05) is 18.2 Å². The molecule has 3 aromatic heterocycles. The highest BCUT2D eigenvalue weighted by Crippen LogP contribution is 2.30. The van der Waals surface area contributed by atoms with Gasteiger partial charge in [0.1, 0.15) is 21.9 Å². The van der Waals surface area contributed by atoms with E-state index in [1.807, 2.05) is 36.6 Å². The highest BCUT2D eigenvalue weighted by Gasteiger charge is 2.20. The molecule has 5 rings (SSSR count). The Balaban J connectivity index is 1.32. The van der Waals surface area contributed by atoms with Gasteiger partial charge in [0.25, 0.3) is 5.91 Å². The third kappa shape index (κ3) is 3.96. The summed E-state index contributed by atoms with van der Waals surface area (Å²) in [7, 11) is 0. The van der Waals surface area contributed by atoms with Crippen LogP contribution in [0.25, 0.3) is 38.1 Å². The van der Waals surface area contributed by atoms with Gasteiger partial charge in [-0.15, -0.1) is 11.3 Å². The van der Waals surface area contributed by atoms with E-state index < -0.39 is 5.91 Å². The highest BCUT2D eigenvalue weighted by atomic mass is 32.1. The third-order valence-electron chi connectivity index (χ3n) is 5.45. The molecule has 0 unspecified atom stereocenters. The number of nitrogens with zero attached hydrogens (tertiary/aromatic N) is 3. The quantitative estimate of drug-likeness (QED) is 0.300. The van der Waals surface area contributed by atoms with Crippen molar-refractivity contribution in [2.24, 2.45) is 0 Å². The summed E-state index contributed by atoms with van der Waals surface area (Å²) in [6.07, 6.45) is 3.66. The van der Waals surface area contributed by atoms with Crippen LogP contribution in [-0.2, 0) is 0 Å². The molecule has 1 N–H and O–H groups in total. The van der Waals surface area contributed by atoms with Crippen molar-refractivity contribution < 1.29 is 13.9 Å². The van der Waals surface area contributed by atoms with Gasteiger partial charge >= 0.3 is 0 Å². The lowest BCUT2D eigenvalue weighted by Crippen LogP contribution is -2.37. The number of furan rings is 1. The number of para-hydroxylation sites is 2. The van der Waals surface area contributed by atoms with Crippen molar-refractivity contribution in [2.45, 2.75) is 13.8 Å². The van der Waals surface area contributed by atoms with Gasteiger partial charge in [0.15, 0.2) is 5.69 Å². The number of thiazole rings is 1. The van der Waals surface area contributed by atoms with Crippen molar-refractivity contribution in [3.8, 4) is 10.6 Å². The van der Waals surface area contributed by atoms with Gasteiger partial charge in [-0.25, -0.2) is 9.97 Å². The number of fused-ring (bicyclic) bond motifs is 2. The lowest BCUT2D eigenvalue weighted by atomic mass is 10.1. The van der Waals surface area contributed by atoms with Gasteiger partial charge in [-0.3, -0.25) is 4.79 Å². The molecule has 0 radical (unpaired) electrons. The summed E-state index contributed by atoms with van der Waals surface area (Å²) in [6.45, 7) is 3.80. The molecule has 0 atom stereocenters. The van der Waals surface area contributed by atoms with E-state index in [9.17, 15) is 10.0 Å². The Bertz CT molecular complexity index is 1520. The van der Waals surface area contributed by atoms with Crippen LogP contribution < -0.4 is 10.0 Å². The molecular formula is C25H20N4O3S. The summed E-state index contributed by atoms with van der Waals surface area (Å²) in [5.41, 5.74) is 4.03. The van der Waals surface area contributed by atoms with Gasteiger partial charge < -0.3 is 14.9 Å². The van der Waals surface area contributed by atoms with E-state index in [1.165, 1.54) is 0 Å². The van der Waals surface area contributed by atoms with Crippen molar-refractivity contribution in [3.05, 3.63) is 88.5 Å². The predicted octanol–water partition coefficient (Wildman–Crippen LogP) is 4.88. The van der Waals surface area contributed by atoms with E-state index in [4.69, 9.17) is 4.42 Å². The van der Waals surface area contributed by atoms with Gasteiger partial charge in [-0.05, 0) is 42.8 Å². The summed E-state index contributed by atoms with van der Waals surface area (Å²) in [5, 5.41) is 19.2. The number of carbonyl (C=O) groups is 1. The second kappa shape index (κ2) is 8.48. The smallest absolute Gasteiger partial charge is 0.276 e. The minimum absolute atomic E-state index is 0.119. The first kappa shape index (κ1) is 20.8. The van der Waals surface area contributed by atoms with Crippen LogP contribution >= 0.6 is 11.3 Å². The SMILES string of the molecule is CC(=CCNC(=O)c1nc2ccccc2[n+]([O-])c1C)c1cc2cc(-c3nccs3)ccc2o1. The molecular weight excluding hydrogens is 436 g/mol. The van der Waals surface area contributed by atoms with Crippen LogP contribution in [0.5, 0.6) is 0 Å². The van der Waals surface area contributed by atoms with Crippen LogP contribution in [0.2, 0.25) is 0 Å². The van der Waals surface area contributed by atoms with Crippen molar-refractivity contribution >= 4 is 44.8 Å². The summed E-state index contributed by atoms with van der Waals surface area (Å²) < 4.78 is 6.72. The van der Waals surface area contributed by atoms with Crippen LogP contribution in [-0.4, -0.2) is 22.4 Å². The molecule has 7 nitrogen and oxygen atoms in total. The van der Waals surface area contributed by atoms with Crippen LogP contribution in [0.4, 0.5) is 0 Å². The molecule has 33 heavy (non-hydrogen) atoms. The molecule has 2 aromatic carbocycles. The van der Waals surface area contributed by atoms with Crippen molar-refractivity contribution in [2.75, 3.05) is 6.54 Å². The molecule has 1 amide bonds. The zero-order valence-electron chi connectivity index (χ0n) is 18.0. The minimum atomic E-state index is -0.399. The molecule has 0 saturated carbocycles. The van der Waals surface area contributed by atoms with E-state index in [0.717, 1.165) is 37.6 Å². The third-order valence-corrected chi connectivity index (χ3v) is 6.27. The summed E-state index contributed by atoms with van der Waals surface area (Å²) in [4.78, 5) is 21.4. The number of rotatable bonds is 5. The Morgan fingerprint density at radius 3 is 2.91 bits per heavy atom. The zero-order valence-corrected chi connectivity index (χ0v) is 18.8. The van der Waals surface area contributed by atoms with Gasteiger partial charge in [0, 0.05) is 42.1 Å². The Hall–Kier alpha value is -4.04. The maximum absolute atomic E-state index is 12.7. The first-order valence-electron chi connectivity index (χ1n) is 10.4. The molecule has 0 aliphatic heterocycles. The van der Waals surface area contributed by atoms with Crippen LogP contribution in [0.1, 0.15) is 28.9 Å². The van der Waals surface area contributed by atoms with Crippen molar-refractivity contribution in [3.63, 3.8) is 0 Å². The summed E-state index contributed by atoms with van der Waals surface area (Å²) in [5.74, 6) is 0.331. The number of hydrogen-bond acceptors (Lipinski definition) is 6. The van der Waals surface area contributed by atoms with E-state index >= 15 is 0 Å². The average Bonchev–Trinajstić information content (AvgIpc) is 3.51. The van der Waals surface area contributed by atoms with Gasteiger partial charge in [0.2, 0.25) is 11.2 Å². The number of aromatic nitrogens is 3. The molecule has 8 heteroatoms. The fourth-order valence-electron chi connectivity index (χ4n) is 3.64. The lowest BCUT2D eigenvalue weighted by Gasteiger charge is -2.09. The van der Waals surface area contributed by atoms with Crippen LogP contribution in [0.15, 0.2) is 70.6 Å². The van der Waals surface area contributed by atoms with Crippen LogP contribution in [0, 0.1) is 12.1 Å². The summed E-state index contributed by atoms with van der Waals surface area (Å²) in [6, 6.07) is 14.9. The van der Waals surface area contributed by atoms with Crippen molar-refractivity contribution in [1.29, 1.82) is 0 Å². The molecule has 0 aliphatic carbocycles. The topological polar surface area (TPSA) is 95.0 Å². The molecule has 0 spiro atoms. The Morgan fingerprint density at radius 1 is 1.24 bits per heavy atom. The number of carbonyl (C=O) groups excluding carboxylic acids is 1. The zero-order chi connectivity index (χ0) is 22.9. The standard InChI is InChI=1S/C25H20N4O3S/c1-15(22-14-18-13-17(7-8-21(18)32-22)25-27-11-12-33-25)9-10-26-24(30)23-16(2)29(31)20-6-4-3-5-19(20)28-23/h3-9,11-14H,10H2,1-2H3,(H,26,30). The minimum Gasteiger partial charge on any atom is -0.618 e. The number of nitrogens with one attached hydrogen (secondary N) is 1. The van der Waals surface area contributed by atoms with E-state index in [0.29, 0.717) is 11.0 Å². The van der Waals surface area contributed by atoms with Crippen molar-refractivity contribution in [1.82, 2.24) is 15.3 Å². The van der Waals surface area contributed by atoms with Gasteiger partial charge in [0.05, 0.1) is 0 Å². The molecule has 5 aromatic rings. The molecule has 164 valence electrons. The average molecular weight is 457 g/mol. The summed E-state index contributed by atoms with van der Waals surface area (Å²) >= 11 is 1.59. The number of hydrogen-bond donors (Lipinski definition) is 1. The van der Waals surface area contributed by atoms with E-state index in [1.54, 1.807) is 48.7 Å². The second-order valence-corrected chi connectivity index (χ2v) is 8.52. The Labute approximate surface area is 193 Å². The number of allylic oxidation sites excluding steroid dienone is 1. The monoisotopic (exact) mass is 456 g/mol. The maximum atomic E-state index is 12.7. The fourth-order valence-corrected chi connectivity index (χ4v) is 4.28.